The highest BCUT2D eigenvalue weighted by molar-refractivity contribution is 6.31. The molecule has 0 radical (unpaired) electrons. The van der Waals surface area contributed by atoms with Crippen LogP contribution >= 0.6 is 11.6 Å². The largest absolute Gasteiger partial charge is 0.367 e. The maximum absolute atomic E-state index is 13.9. The van der Waals surface area contributed by atoms with Gasteiger partial charge >= 0.3 is 0 Å². The van der Waals surface area contributed by atoms with Crippen molar-refractivity contribution in [3.05, 3.63) is 34.7 Å². The van der Waals surface area contributed by atoms with E-state index in [1.54, 1.807) is 12.1 Å². The zero-order valence-corrected chi connectivity index (χ0v) is 10.1. The van der Waals surface area contributed by atoms with E-state index in [2.05, 4.69) is 5.16 Å². The summed E-state index contributed by atoms with van der Waals surface area (Å²) in [5, 5.41) is 3.90. The van der Waals surface area contributed by atoms with Gasteiger partial charge in [0.2, 0.25) is 5.88 Å². The number of aromatic nitrogens is 1. The van der Waals surface area contributed by atoms with E-state index in [1.165, 1.54) is 6.07 Å². The Kier molecular flexibility index (Phi) is 3.33. The maximum atomic E-state index is 13.9. The lowest BCUT2D eigenvalue weighted by atomic mass is 10.0. The summed E-state index contributed by atoms with van der Waals surface area (Å²) in [5.41, 5.74) is 7.18. The van der Waals surface area contributed by atoms with Crippen LogP contribution in [0.5, 0.6) is 0 Å². The molecule has 2 aromatic rings. The van der Waals surface area contributed by atoms with Gasteiger partial charge < -0.3 is 10.3 Å². The molecule has 1 aromatic heterocycles. The second kappa shape index (κ2) is 4.75. The van der Waals surface area contributed by atoms with Crippen LogP contribution in [-0.2, 0) is 6.42 Å². The molecule has 0 saturated carbocycles. The quantitative estimate of drug-likeness (QED) is 0.909. The maximum Gasteiger partial charge on any atom is 0.230 e. The lowest BCUT2D eigenvalue weighted by molar-refractivity contribution is 0.427. The monoisotopic (exact) mass is 254 g/mol. The van der Waals surface area contributed by atoms with Gasteiger partial charge in [0.1, 0.15) is 5.82 Å². The lowest BCUT2D eigenvalue weighted by Crippen LogP contribution is -1.93. The third-order valence-corrected chi connectivity index (χ3v) is 2.79. The molecule has 0 aliphatic carbocycles. The van der Waals surface area contributed by atoms with E-state index in [4.69, 9.17) is 21.9 Å². The van der Waals surface area contributed by atoms with Crippen LogP contribution in [0.15, 0.2) is 22.7 Å². The molecule has 1 heterocycles. The number of nitrogen functional groups attached to an aromatic ring is 1. The zero-order chi connectivity index (χ0) is 12.4. The zero-order valence-electron chi connectivity index (χ0n) is 9.34. The van der Waals surface area contributed by atoms with Crippen molar-refractivity contribution in [1.82, 2.24) is 5.16 Å². The van der Waals surface area contributed by atoms with Gasteiger partial charge in [-0.3, -0.25) is 0 Å². The summed E-state index contributed by atoms with van der Waals surface area (Å²) in [5.74, 6) is -0.379. The minimum Gasteiger partial charge on any atom is -0.367 e. The first-order chi connectivity index (χ1) is 8.15. The molecule has 0 aliphatic heterocycles. The van der Waals surface area contributed by atoms with Crippen molar-refractivity contribution in [2.75, 3.05) is 5.73 Å². The molecular formula is C12H12ClFN2O. The van der Waals surface area contributed by atoms with Crippen LogP contribution < -0.4 is 5.73 Å². The molecule has 5 heteroatoms. The van der Waals surface area contributed by atoms with Crippen molar-refractivity contribution in [3.63, 3.8) is 0 Å². The molecule has 0 bridgehead atoms. The number of hydrogen-bond donors (Lipinski definition) is 1. The normalized spacial score (nSPS) is 10.8. The fourth-order valence-electron chi connectivity index (χ4n) is 1.73. The second-order valence-electron chi connectivity index (χ2n) is 3.72. The fourth-order valence-corrected chi connectivity index (χ4v) is 1.90. The first-order valence-corrected chi connectivity index (χ1v) is 5.71. The van der Waals surface area contributed by atoms with Crippen LogP contribution in [0.1, 0.15) is 19.0 Å². The van der Waals surface area contributed by atoms with Crippen LogP contribution in [0.4, 0.5) is 10.3 Å². The summed E-state index contributed by atoms with van der Waals surface area (Å²) in [7, 11) is 0. The molecular weight excluding hydrogens is 243 g/mol. The molecule has 0 unspecified atom stereocenters. The average Bonchev–Trinajstić information content (AvgIpc) is 2.65. The molecule has 1 aromatic carbocycles. The average molecular weight is 255 g/mol. The van der Waals surface area contributed by atoms with Gasteiger partial charge in [-0.1, -0.05) is 42.2 Å². The second-order valence-corrected chi connectivity index (χ2v) is 4.13. The van der Waals surface area contributed by atoms with Gasteiger partial charge in [-0.15, -0.1) is 0 Å². The topological polar surface area (TPSA) is 52.0 Å². The Bertz CT molecular complexity index is 539. The van der Waals surface area contributed by atoms with Crippen LogP contribution in [0, 0.1) is 5.82 Å². The molecule has 90 valence electrons. The molecule has 0 amide bonds. The number of anilines is 1. The Morgan fingerprint density at radius 1 is 1.47 bits per heavy atom. The smallest absolute Gasteiger partial charge is 0.230 e. The molecule has 0 atom stereocenters. The van der Waals surface area contributed by atoms with Crippen LogP contribution in [-0.4, -0.2) is 5.16 Å². The molecule has 3 nitrogen and oxygen atoms in total. The van der Waals surface area contributed by atoms with Gasteiger partial charge in [0.05, 0.1) is 16.3 Å². The summed E-state index contributed by atoms with van der Waals surface area (Å²) < 4.78 is 18.8. The van der Waals surface area contributed by atoms with Crippen LogP contribution in [0.25, 0.3) is 11.1 Å². The Morgan fingerprint density at radius 2 is 2.24 bits per heavy atom. The SMILES string of the molecule is CCCc1noc(N)c1-c1cccc(Cl)c1F. The van der Waals surface area contributed by atoms with Gasteiger partial charge in [-0.2, -0.15) is 0 Å². The summed E-state index contributed by atoms with van der Waals surface area (Å²) in [4.78, 5) is 0. The molecule has 17 heavy (non-hydrogen) atoms. The predicted molar refractivity (Wildman–Crippen MR) is 65.3 cm³/mol. The highest BCUT2D eigenvalue weighted by Gasteiger charge is 2.19. The third-order valence-electron chi connectivity index (χ3n) is 2.50. The van der Waals surface area contributed by atoms with Crippen molar-refractivity contribution in [1.29, 1.82) is 0 Å². The predicted octanol–water partition coefficient (Wildman–Crippen LogP) is 3.67. The highest BCUT2D eigenvalue weighted by atomic mass is 35.5. The van der Waals surface area contributed by atoms with Gasteiger partial charge in [0, 0.05) is 5.56 Å². The number of aryl methyl sites for hydroxylation is 1. The van der Waals surface area contributed by atoms with Crippen LogP contribution in [0.3, 0.4) is 0 Å². The van der Waals surface area contributed by atoms with Crippen molar-refractivity contribution in [2.24, 2.45) is 0 Å². The highest BCUT2D eigenvalue weighted by Crippen LogP contribution is 2.34. The number of benzene rings is 1. The summed E-state index contributed by atoms with van der Waals surface area (Å²) in [6, 6.07) is 4.77. The van der Waals surface area contributed by atoms with E-state index in [9.17, 15) is 4.39 Å². The van der Waals surface area contributed by atoms with Gasteiger partial charge in [0.25, 0.3) is 0 Å². The molecule has 0 saturated heterocycles. The number of hydrogen-bond acceptors (Lipinski definition) is 3. The Hall–Kier alpha value is -1.55. The van der Waals surface area contributed by atoms with E-state index in [1.807, 2.05) is 6.92 Å². The standard InChI is InChI=1S/C12H12ClFN2O/c1-2-4-9-10(12(15)17-16-9)7-5-3-6-8(13)11(7)14/h3,5-6H,2,4,15H2,1H3. The van der Waals surface area contributed by atoms with Crippen molar-refractivity contribution < 1.29 is 8.91 Å². The molecule has 0 spiro atoms. The third kappa shape index (κ3) is 2.13. The molecule has 0 aliphatic rings. The first kappa shape index (κ1) is 11.9. The minimum atomic E-state index is -0.499. The number of nitrogens with two attached hydrogens (primary N) is 1. The Labute approximate surface area is 103 Å². The summed E-state index contributed by atoms with van der Waals surface area (Å²) in [6.07, 6.45) is 1.56. The minimum absolute atomic E-state index is 0.0607. The number of nitrogens with zero attached hydrogens (tertiary/aromatic N) is 1. The van der Waals surface area contributed by atoms with Crippen molar-refractivity contribution >= 4 is 17.5 Å². The van der Waals surface area contributed by atoms with Gasteiger partial charge in [0.15, 0.2) is 0 Å². The Morgan fingerprint density at radius 3 is 2.94 bits per heavy atom. The molecule has 2 rings (SSSR count). The van der Waals surface area contributed by atoms with Crippen LogP contribution in [0.2, 0.25) is 5.02 Å². The molecule has 2 N–H and O–H groups in total. The van der Waals surface area contributed by atoms with Crippen molar-refractivity contribution in [2.45, 2.75) is 19.8 Å². The Balaban J connectivity index is 2.59. The number of halogens is 2. The van der Waals surface area contributed by atoms with E-state index >= 15 is 0 Å². The van der Waals surface area contributed by atoms with Gasteiger partial charge in [-0.05, 0) is 12.5 Å². The summed E-state index contributed by atoms with van der Waals surface area (Å²) >= 11 is 5.75. The van der Waals surface area contributed by atoms with E-state index < -0.39 is 5.82 Å². The van der Waals surface area contributed by atoms with Crippen molar-refractivity contribution in [3.8, 4) is 11.1 Å². The summed E-state index contributed by atoms with van der Waals surface area (Å²) in [6.45, 7) is 2.00. The van der Waals surface area contributed by atoms with E-state index in [0.29, 0.717) is 23.2 Å². The fraction of sp³-hybridized carbons (Fsp3) is 0.250. The molecule has 0 fully saturated rings. The lowest BCUT2D eigenvalue weighted by Gasteiger charge is -2.04. The first-order valence-electron chi connectivity index (χ1n) is 5.33. The van der Waals surface area contributed by atoms with E-state index in [0.717, 1.165) is 6.42 Å². The van der Waals surface area contributed by atoms with E-state index in [-0.39, 0.29) is 10.9 Å². The number of rotatable bonds is 3. The van der Waals surface area contributed by atoms with Gasteiger partial charge in [-0.25, -0.2) is 4.39 Å².